The zero-order valence-corrected chi connectivity index (χ0v) is 13.0. The second kappa shape index (κ2) is 7.28. The van der Waals surface area contributed by atoms with Crippen LogP contribution in [0, 0.1) is 0 Å². The molecule has 0 spiro atoms. The number of aromatic nitrogens is 2. The molecule has 0 fully saturated rings. The molecule has 3 aromatic rings. The summed E-state index contributed by atoms with van der Waals surface area (Å²) < 4.78 is 10.1. The second-order valence-electron chi connectivity index (χ2n) is 4.90. The predicted octanol–water partition coefficient (Wildman–Crippen LogP) is 2.94. The lowest BCUT2D eigenvalue weighted by Crippen LogP contribution is -2.10. The van der Waals surface area contributed by atoms with Crippen molar-refractivity contribution in [1.82, 2.24) is 9.97 Å². The third-order valence-electron chi connectivity index (χ3n) is 3.25. The van der Waals surface area contributed by atoms with Crippen LogP contribution in [0.2, 0.25) is 0 Å². The van der Waals surface area contributed by atoms with Crippen LogP contribution in [0.25, 0.3) is 0 Å². The summed E-state index contributed by atoms with van der Waals surface area (Å²) in [7, 11) is 1.56. The number of hydrogen-bond donors (Lipinski definition) is 2. The molecule has 2 heterocycles. The van der Waals surface area contributed by atoms with Gasteiger partial charge in [-0.2, -0.15) is 4.98 Å². The summed E-state index contributed by atoms with van der Waals surface area (Å²) >= 11 is 0. The van der Waals surface area contributed by atoms with Crippen molar-refractivity contribution in [3.05, 3.63) is 66.2 Å². The Bertz CT molecular complexity index is 801. The van der Waals surface area contributed by atoms with E-state index in [2.05, 4.69) is 20.6 Å². The number of ether oxygens (including phenoxy) is 1. The summed E-state index contributed by atoms with van der Waals surface area (Å²) in [5.74, 6) is 0.986. The van der Waals surface area contributed by atoms with E-state index in [-0.39, 0.29) is 11.7 Å². The quantitative estimate of drug-likeness (QED) is 0.724. The average molecular weight is 324 g/mol. The smallest absolute Gasteiger partial charge is 0.291 e. The number of amides is 1. The van der Waals surface area contributed by atoms with Crippen molar-refractivity contribution >= 4 is 17.5 Å². The molecule has 0 atom stereocenters. The Kier molecular flexibility index (Phi) is 4.71. The maximum atomic E-state index is 11.9. The summed E-state index contributed by atoms with van der Waals surface area (Å²) in [4.78, 5) is 20.2. The molecule has 1 aromatic carbocycles. The van der Waals surface area contributed by atoms with Gasteiger partial charge in [0.15, 0.2) is 5.76 Å². The zero-order valence-electron chi connectivity index (χ0n) is 13.0. The Hall–Kier alpha value is -3.35. The van der Waals surface area contributed by atoms with Gasteiger partial charge in [-0.1, -0.05) is 12.1 Å². The fraction of sp³-hybridized carbons (Fsp3) is 0.118. The molecule has 0 radical (unpaired) electrons. The van der Waals surface area contributed by atoms with Crippen LogP contribution in [0.15, 0.2) is 59.3 Å². The molecule has 122 valence electrons. The number of carbonyl (C=O) groups excluding carboxylic acids is 1. The van der Waals surface area contributed by atoms with E-state index in [1.54, 1.807) is 31.5 Å². The third-order valence-corrected chi connectivity index (χ3v) is 3.25. The Morgan fingerprint density at radius 1 is 1.21 bits per heavy atom. The minimum absolute atomic E-state index is 0.274. The number of nitrogens with one attached hydrogen (secondary N) is 2. The Labute approximate surface area is 138 Å². The first kappa shape index (κ1) is 15.5. The number of rotatable bonds is 6. The molecular weight excluding hydrogens is 308 g/mol. The number of hydrogen-bond acceptors (Lipinski definition) is 6. The molecule has 0 saturated carbocycles. The molecular formula is C17H16N4O3. The fourth-order valence-electron chi connectivity index (χ4n) is 2.03. The van der Waals surface area contributed by atoms with Gasteiger partial charge in [0.25, 0.3) is 5.91 Å². The minimum atomic E-state index is -0.282. The van der Waals surface area contributed by atoms with E-state index in [4.69, 9.17) is 9.15 Å². The summed E-state index contributed by atoms with van der Waals surface area (Å²) in [5.41, 5.74) is 1.72. The van der Waals surface area contributed by atoms with Crippen LogP contribution in [0.3, 0.4) is 0 Å². The molecule has 24 heavy (non-hydrogen) atoms. The monoisotopic (exact) mass is 324 g/mol. The van der Waals surface area contributed by atoms with Crippen LogP contribution in [0.5, 0.6) is 5.88 Å². The SMILES string of the molecule is COc1ccnc(NCc2ccc(NC(=O)c3ccco3)cc2)n1. The van der Waals surface area contributed by atoms with Gasteiger partial charge < -0.3 is 19.8 Å². The lowest BCUT2D eigenvalue weighted by atomic mass is 10.2. The summed E-state index contributed by atoms with van der Waals surface area (Å²) in [6.07, 6.45) is 3.09. The lowest BCUT2D eigenvalue weighted by Gasteiger charge is -2.07. The number of carbonyl (C=O) groups is 1. The van der Waals surface area contributed by atoms with Crippen molar-refractivity contribution in [1.29, 1.82) is 0 Å². The van der Waals surface area contributed by atoms with E-state index in [9.17, 15) is 4.79 Å². The minimum Gasteiger partial charge on any atom is -0.481 e. The molecule has 2 aromatic heterocycles. The average Bonchev–Trinajstić information content (AvgIpc) is 3.16. The molecule has 0 aliphatic carbocycles. The summed E-state index contributed by atoms with van der Waals surface area (Å²) in [5, 5.41) is 5.88. The number of anilines is 2. The van der Waals surface area contributed by atoms with E-state index in [1.165, 1.54) is 6.26 Å². The molecule has 2 N–H and O–H groups in total. The highest BCUT2D eigenvalue weighted by Crippen LogP contribution is 2.13. The first-order chi connectivity index (χ1) is 11.7. The van der Waals surface area contributed by atoms with Gasteiger partial charge in [-0.15, -0.1) is 0 Å². The van der Waals surface area contributed by atoms with Gasteiger partial charge in [0.1, 0.15) is 0 Å². The van der Waals surface area contributed by atoms with Crippen molar-refractivity contribution in [2.45, 2.75) is 6.54 Å². The first-order valence-corrected chi connectivity index (χ1v) is 7.29. The van der Waals surface area contributed by atoms with Crippen LogP contribution in [0.4, 0.5) is 11.6 Å². The van der Waals surface area contributed by atoms with Crippen LogP contribution in [-0.4, -0.2) is 23.0 Å². The van der Waals surface area contributed by atoms with Gasteiger partial charge in [-0.25, -0.2) is 4.98 Å². The van der Waals surface area contributed by atoms with Crippen LogP contribution < -0.4 is 15.4 Å². The molecule has 3 rings (SSSR count). The second-order valence-corrected chi connectivity index (χ2v) is 4.90. The highest BCUT2D eigenvalue weighted by molar-refractivity contribution is 6.02. The number of nitrogens with zero attached hydrogens (tertiary/aromatic N) is 2. The normalized spacial score (nSPS) is 10.2. The van der Waals surface area contributed by atoms with E-state index in [0.29, 0.717) is 24.1 Å². The van der Waals surface area contributed by atoms with Crippen molar-refractivity contribution in [2.24, 2.45) is 0 Å². The van der Waals surface area contributed by atoms with Gasteiger partial charge in [-0.05, 0) is 29.8 Å². The fourth-order valence-corrected chi connectivity index (χ4v) is 2.03. The van der Waals surface area contributed by atoms with Crippen LogP contribution >= 0.6 is 0 Å². The van der Waals surface area contributed by atoms with E-state index >= 15 is 0 Å². The Morgan fingerprint density at radius 2 is 2.04 bits per heavy atom. The first-order valence-electron chi connectivity index (χ1n) is 7.29. The predicted molar refractivity (Wildman–Crippen MR) is 89.0 cm³/mol. The molecule has 0 aliphatic rings. The largest absolute Gasteiger partial charge is 0.481 e. The number of furan rings is 1. The van der Waals surface area contributed by atoms with Crippen molar-refractivity contribution in [2.75, 3.05) is 17.7 Å². The molecule has 0 bridgehead atoms. The molecule has 7 heteroatoms. The highest BCUT2D eigenvalue weighted by atomic mass is 16.5. The topological polar surface area (TPSA) is 89.3 Å². The molecule has 0 aliphatic heterocycles. The Balaban J connectivity index is 1.57. The number of benzene rings is 1. The number of methoxy groups -OCH3 is 1. The van der Waals surface area contributed by atoms with Crippen molar-refractivity contribution < 1.29 is 13.9 Å². The van der Waals surface area contributed by atoms with Gasteiger partial charge in [0.05, 0.1) is 13.4 Å². The summed E-state index contributed by atoms with van der Waals surface area (Å²) in [6.45, 7) is 0.555. The third kappa shape index (κ3) is 3.89. The zero-order chi connectivity index (χ0) is 16.8. The maximum absolute atomic E-state index is 11.9. The molecule has 0 saturated heterocycles. The van der Waals surface area contributed by atoms with Gasteiger partial charge >= 0.3 is 0 Å². The van der Waals surface area contributed by atoms with Gasteiger partial charge in [-0.3, -0.25) is 4.79 Å². The van der Waals surface area contributed by atoms with Crippen molar-refractivity contribution in [3.63, 3.8) is 0 Å². The molecule has 1 amide bonds. The van der Waals surface area contributed by atoms with Crippen LogP contribution in [0.1, 0.15) is 16.1 Å². The highest BCUT2D eigenvalue weighted by Gasteiger charge is 2.08. The maximum Gasteiger partial charge on any atom is 0.291 e. The molecule has 7 nitrogen and oxygen atoms in total. The standard InChI is InChI=1S/C17H16N4O3/c1-23-15-8-9-18-17(21-15)19-11-12-4-6-13(7-5-12)20-16(22)14-3-2-10-24-14/h2-10H,11H2,1H3,(H,20,22)(H,18,19,21). The Morgan fingerprint density at radius 3 is 2.75 bits per heavy atom. The van der Waals surface area contributed by atoms with E-state index in [0.717, 1.165) is 5.56 Å². The van der Waals surface area contributed by atoms with E-state index in [1.807, 2.05) is 24.3 Å². The van der Waals surface area contributed by atoms with Crippen molar-refractivity contribution in [3.8, 4) is 5.88 Å². The van der Waals surface area contributed by atoms with Gasteiger partial charge in [0.2, 0.25) is 11.8 Å². The van der Waals surface area contributed by atoms with E-state index < -0.39 is 0 Å². The lowest BCUT2D eigenvalue weighted by molar-refractivity contribution is 0.0996. The van der Waals surface area contributed by atoms with Gasteiger partial charge in [0, 0.05) is 24.5 Å². The summed E-state index contributed by atoms with van der Waals surface area (Å²) in [6, 6.07) is 12.4. The van der Waals surface area contributed by atoms with Crippen LogP contribution in [-0.2, 0) is 6.54 Å². The molecule has 0 unspecified atom stereocenters.